The van der Waals surface area contributed by atoms with Crippen molar-refractivity contribution in [2.75, 3.05) is 0 Å². The molecule has 84 valence electrons. The van der Waals surface area contributed by atoms with E-state index in [1.165, 1.54) is 17.4 Å². The lowest BCUT2D eigenvalue weighted by atomic mass is 10.2. The summed E-state index contributed by atoms with van der Waals surface area (Å²) in [5.74, 6) is -0.339. The average molecular weight is 245 g/mol. The molecule has 3 aromatic rings. The molecule has 0 saturated carbocycles. The first kappa shape index (κ1) is 9.98. The molecule has 5 nitrogen and oxygen atoms in total. The van der Waals surface area contributed by atoms with Crippen molar-refractivity contribution in [3.8, 4) is 22.1 Å². The number of thiazole rings is 1. The summed E-state index contributed by atoms with van der Waals surface area (Å²) in [7, 11) is 0. The van der Waals surface area contributed by atoms with Gasteiger partial charge in [0.1, 0.15) is 5.01 Å². The molecule has 0 aliphatic heterocycles. The van der Waals surface area contributed by atoms with E-state index in [9.17, 15) is 10.2 Å². The van der Waals surface area contributed by atoms with Gasteiger partial charge < -0.3 is 10.2 Å². The Morgan fingerprint density at radius 3 is 2.71 bits per heavy atom. The van der Waals surface area contributed by atoms with Gasteiger partial charge in [-0.1, -0.05) is 17.4 Å². The van der Waals surface area contributed by atoms with Gasteiger partial charge in [0.2, 0.25) is 0 Å². The lowest BCUT2D eigenvalue weighted by molar-refractivity contribution is 0.405. The largest absolute Gasteiger partial charge is 0.504 e. The highest BCUT2D eigenvalue weighted by molar-refractivity contribution is 7.21. The summed E-state index contributed by atoms with van der Waals surface area (Å²) in [6.45, 7) is 0. The first-order chi connectivity index (χ1) is 8.25. The Morgan fingerprint density at radius 2 is 1.88 bits per heavy atom. The third kappa shape index (κ3) is 1.58. The minimum Gasteiger partial charge on any atom is -0.504 e. The molecule has 0 fully saturated rings. The smallest absolute Gasteiger partial charge is 0.190 e. The van der Waals surface area contributed by atoms with Crippen LogP contribution in [0.5, 0.6) is 11.5 Å². The van der Waals surface area contributed by atoms with Crippen molar-refractivity contribution in [3.63, 3.8) is 0 Å². The number of para-hydroxylation sites is 1. The van der Waals surface area contributed by atoms with Crippen molar-refractivity contribution in [2.24, 2.45) is 0 Å². The minimum atomic E-state index is -0.174. The quantitative estimate of drug-likeness (QED) is 0.642. The Labute approximate surface area is 100 Å². The first-order valence-electron chi connectivity index (χ1n) is 4.84. The molecule has 2 N–H and O–H groups in total. The number of aromatic hydroxyl groups is 2. The molecule has 0 atom stereocenters. The summed E-state index contributed by atoms with van der Waals surface area (Å²) < 4.78 is 0. The van der Waals surface area contributed by atoms with E-state index in [0.29, 0.717) is 21.0 Å². The van der Waals surface area contributed by atoms with E-state index >= 15 is 0 Å². The number of phenolic OH excluding ortho intramolecular Hbond substituents is 2. The normalized spacial score (nSPS) is 10.8. The standard InChI is InChI=1S/C11H7N3O2S/c15-7-3-1-2-6(8(7)16)10-14-9-11(17-10)13-5-4-12-9/h1-5,15-16H. The maximum absolute atomic E-state index is 9.75. The Morgan fingerprint density at radius 1 is 1.06 bits per heavy atom. The summed E-state index contributed by atoms with van der Waals surface area (Å²) in [6, 6.07) is 4.76. The van der Waals surface area contributed by atoms with Crippen LogP contribution in [0.4, 0.5) is 0 Å². The van der Waals surface area contributed by atoms with Crippen molar-refractivity contribution < 1.29 is 10.2 Å². The maximum atomic E-state index is 9.75. The van der Waals surface area contributed by atoms with Gasteiger partial charge in [-0.3, -0.25) is 0 Å². The van der Waals surface area contributed by atoms with Crippen LogP contribution in [0.3, 0.4) is 0 Å². The molecule has 0 aliphatic rings. The second-order valence-electron chi connectivity index (χ2n) is 3.38. The van der Waals surface area contributed by atoms with E-state index in [0.717, 1.165) is 0 Å². The van der Waals surface area contributed by atoms with Crippen LogP contribution in [0.15, 0.2) is 30.6 Å². The predicted molar refractivity (Wildman–Crippen MR) is 64.0 cm³/mol. The Hall–Kier alpha value is -2.21. The molecule has 0 bridgehead atoms. The second kappa shape index (κ2) is 3.67. The molecular formula is C11H7N3O2S. The molecule has 0 unspecified atom stereocenters. The van der Waals surface area contributed by atoms with Gasteiger partial charge in [0.15, 0.2) is 22.0 Å². The van der Waals surface area contributed by atoms with Crippen LogP contribution in [0.1, 0.15) is 0 Å². The molecule has 2 heterocycles. The Balaban J connectivity index is 2.24. The fourth-order valence-corrected chi connectivity index (χ4v) is 2.39. The van der Waals surface area contributed by atoms with Gasteiger partial charge in [-0.25, -0.2) is 15.0 Å². The Bertz CT molecular complexity index is 663. The number of nitrogens with zero attached hydrogens (tertiary/aromatic N) is 3. The predicted octanol–water partition coefficient (Wildman–Crippen LogP) is 2.16. The van der Waals surface area contributed by atoms with Crippen LogP contribution in [0.25, 0.3) is 21.0 Å². The average Bonchev–Trinajstić information content (AvgIpc) is 2.76. The third-order valence-electron chi connectivity index (χ3n) is 2.29. The van der Waals surface area contributed by atoms with Crippen LogP contribution in [-0.4, -0.2) is 25.2 Å². The molecular weight excluding hydrogens is 238 g/mol. The van der Waals surface area contributed by atoms with Gasteiger partial charge >= 0.3 is 0 Å². The molecule has 0 aliphatic carbocycles. The summed E-state index contributed by atoms with van der Waals surface area (Å²) in [5, 5.41) is 19.8. The molecule has 2 aromatic heterocycles. The van der Waals surface area contributed by atoms with E-state index in [4.69, 9.17) is 0 Å². The van der Waals surface area contributed by atoms with Crippen LogP contribution >= 0.6 is 11.3 Å². The monoisotopic (exact) mass is 245 g/mol. The van der Waals surface area contributed by atoms with Crippen molar-refractivity contribution in [1.29, 1.82) is 0 Å². The Kier molecular flexibility index (Phi) is 2.15. The number of hydrogen-bond acceptors (Lipinski definition) is 6. The fraction of sp³-hybridized carbons (Fsp3) is 0. The third-order valence-corrected chi connectivity index (χ3v) is 3.28. The van der Waals surface area contributed by atoms with Gasteiger partial charge in [0.05, 0.1) is 5.56 Å². The highest BCUT2D eigenvalue weighted by Gasteiger charge is 2.13. The van der Waals surface area contributed by atoms with Crippen LogP contribution in [0.2, 0.25) is 0 Å². The van der Waals surface area contributed by atoms with E-state index in [2.05, 4.69) is 15.0 Å². The van der Waals surface area contributed by atoms with E-state index in [1.807, 2.05) is 0 Å². The lowest BCUT2D eigenvalue weighted by Gasteiger charge is -2.01. The van der Waals surface area contributed by atoms with Gasteiger partial charge in [-0.15, -0.1) is 0 Å². The molecule has 3 rings (SSSR count). The number of benzene rings is 1. The zero-order valence-corrected chi connectivity index (χ0v) is 9.35. The van der Waals surface area contributed by atoms with E-state index < -0.39 is 0 Å². The highest BCUT2D eigenvalue weighted by atomic mass is 32.1. The number of fused-ring (bicyclic) bond motifs is 1. The molecule has 6 heteroatoms. The van der Waals surface area contributed by atoms with E-state index in [-0.39, 0.29) is 11.5 Å². The van der Waals surface area contributed by atoms with Crippen molar-refractivity contribution >= 4 is 21.8 Å². The first-order valence-corrected chi connectivity index (χ1v) is 5.66. The maximum Gasteiger partial charge on any atom is 0.190 e. The SMILES string of the molecule is Oc1cccc(-c2nc3nccnc3s2)c1O. The lowest BCUT2D eigenvalue weighted by Crippen LogP contribution is -1.79. The molecule has 0 spiro atoms. The van der Waals surface area contributed by atoms with Crippen molar-refractivity contribution in [2.45, 2.75) is 0 Å². The van der Waals surface area contributed by atoms with Crippen LogP contribution in [-0.2, 0) is 0 Å². The molecule has 0 amide bonds. The minimum absolute atomic E-state index is 0.164. The molecule has 17 heavy (non-hydrogen) atoms. The van der Waals surface area contributed by atoms with Crippen molar-refractivity contribution in [1.82, 2.24) is 15.0 Å². The van der Waals surface area contributed by atoms with Gasteiger partial charge in [-0.2, -0.15) is 0 Å². The van der Waals surface area contributed by atoms with Crippen molar-refractivity contribution in [3.05, 3.63) is 30.6 Å². The van der Waals surface area contributed by atoms with E-state index in [1.54, 1.807) is 24.5 Å². The van der Waals surface area contributed by atoms with Crippen LogP contribution in [0, 0.1) is 0 Å². The summed E-state index contributed by atoms with van der Waals surface area (Å²) >= 11 is 1.32. The fourth-order valence-electron chi connectivity index (χ4n) is 1.50. The molecule has 0 radical (unpaired) electrons. The van der Waals surface area contributed by atoms with Gasteiger partial charge in [-0.05, 0) is 12.1 Å². The molecule has 0 saturated heterocycles. The second-order valence-corrected chi connectivity index (χ2v) is 4.35. The molecule has 1 aromatic carbocycles. The topological polar surface area (TPSA) is 79.1 Å². The van der Waals surface area contributed by atoms with Gasteiger partial charge in [0, 0.05) is 12.4 Å². The van der Waals surface area contributed by atoms with Gasteiger partial charge in [0.25, 0.3) is 0 Å². The highest BCUT2D eigenvalue weighted by Crippen LogP contribution is 2.38. The number of aromatic nitrogens is 3. The summed E-state index contributed by atoms with van der Waals surface area (Å²) in [4.78, 5) is 13.2. The summed E-state index contributed by atoms with van der Waals surface area (Å²) in [5.41, 5.74) is 1.02. The zero-order valence-electron chi connectivity index (χ0n) is 8.53. The number of phenols is 2. The van der Waals surface area contributed by atoms with Crippen LogP contribution < -0.4 is 0 Å². The zero-order chi connectivity index (χ0) is 11.8. The number of rotatable bonds is 1. The summed E-state index contributed by atoms with van der Waals surface area (Å²) in [6.07, 6.45) is 3.15. The number of hydrogen-bond donors (Lipinski definition) is 2.